The van der Waals surface area contributed by atoms with Gasteiger partial charge >= 0.3 is 12.9 Å². The van der Waals surface area contributed by atoms with E-state index in [4.69, 9.17) is 4.79 Å². The average Bonchev–Trinajstić information content (AvgIpc) is 2.22. The molecular formula is C10H10O4. The lowest BCUT2D eigenvalue weighted by molar-refractivity contribution is 0.296. The lowest BCUT2D eigenvalue weighted by Crippen LogP contribution is -1.85. The van der Waals surface area contributed by atoms with Gasteiger partial charge in [-0.2, -0.15) is 0 Å². The van der Waals surface area contributed by atoms with E-state index in [1.165, 1.54) is 12.9 Å². The molecule has 0 atom stereocenters. The molecule has 14 heavy (non-hydrogen) atoms. The first-order valence-corrected chi connectivity index (χ1v) is 3.93. The van der Waals surface area contributed by atoms with Gasteiger partial charge in [0.25, 0.3) is 0 Å². The van der Waals surface area contributed by atoms with Crippen molar-refractivity contribution in [3.63, 3.8) is 0 Å². The molecule has 4 nitrogen and oxygen atoms in total. The van der Waals surface area contributed by atoms with Crippen molar-refractivity contribution in [3.8, 4) is 5.75 Å². The van der Waals surface area contributed by atoms with Crippen LogP contribution in [0.15, 0.2) is 30.3 Å². The zero-order valence-corrected chi connectivity index (χ0v) is 7.73. The van der Waals surface area contributed by atoms with Crippen molar-refractivity contribution in [3.05, 3.63) is 30.3 Å². The molecule has 0 fully saturated rings. The van der Waals surface area contributed by atoms with Crippen LogP contribution < -0.4 is 4.74 Å². The van der Waals surface area contributed by atoms with Crippen LogP contribution in [0.25, 0.3) is 0 Å². The Labute approximate surface area is 82.4 Å². The second-order valence-electron chi connectivity index (χ2n) is 2.01. The number of hydrogen-bond acceptors (Lipinski definition) is 4. The quantitative estimate of drug-likeness (QED) is 0.723. The molecule has 0 saturated carbocycles. The summed E-state index contributed by atoms with van der Waals surface area (Å²) in [5.74, 6) is 0.521. The van der Waals surface area contributed by atoms with Crippen LogP contribution >= 0.6 is 0 Å². The Balaban J connectivity index is 0.000000292. The third kappa shape index (κ3) is 6.84. The first kappa shape index (κ1) is 12.2. The molecule has 0 bridgehead atoms. The average molecular weight is 194 g/mol. The van der Waals surface area contributed by atoms with E-state index < -0.39 is 0 Å². The minimum Gasteiger partial charge on any atom is -0.458 e. The van der Waals surface area contributed by atoms with Gasteiger partial charge in [-0.15, -0.1) is 0 Å². The molecule has 0 aliphatic heterocycles. The zero-order chi connectivity index (χ0) is 10.6. The van der Waals surface area contributed by atoms with Gasteiger partial charge in [0.1, 0.15) is 5.75 Å². The molecule has 0 spiro atoms. The van der Waals surface area contributed by atoms with Crippen LogP contribution in [0.5, 0.6) is 5.75 Å². The van der Waals surface area contributed by atoms with Gasteiger partial charge in [0.05, 0.1) is 6.61 Å². The van der Waals surface area contributed by atoms with E-state index in [9.17, 15) is 4.79 Å². The van der Waals surface area contributed by atoms with Crippen molar-refractivity contribution in [2.75, 3.05) is 6.61 Å². The summed E-state index contributed by atoms with van der Waals surface area (Å²) in [6, 6.07) is 8.78. The fourth-order valence-electron chi connectivity index (χ4n) is 0.596. The number of para-hydroxylation sites is 1. The van der Waals surface area contributed by atoms with Crippen LogP contribution in [0.4, 0.5) is 0 Å². The minimum absolute atomic E-state index is 0.420. The van der Waals surface area contributed by atoms with Crippen molar-refractivity contribution in [1.82, 2.24) is 0 Å². The highest BCUT2D eigenvalue weighted by atomic mass is 16.5. The molecule has 0 saturated heterocycles. The first-order valence-electron chi connectivity index (χ1n) is 3.93. The summed E-state index contributed by atoms with van der Waals surface area (Å²) in [4.78, 5) is 18.7. The van der Waals surface area contributed by atoms with Crippen LogP contribution in [0, 0.1) is 0 Å². The largest absolute Gasteiger partial charge is 0.458 e. The van der Waals surface area contributed by atoms with E-state index in [-0.39, 0.29) is 0 Å². The Kier molecular flexibility index (Phi) is 8.03. The van der Waals surface area contributed by atoms with Gasteiger partial charge in [-0.3, -0.25) is 0 Å². The number of hydrogen-bond donors (Lipinski definition) is 0. The van der Waals surface area contributed by atoms with Crippen molar-refractivity contribution in [2.24, 2.45) is 0 Å². The van der Waals surface area contributed by atoms with E-state index in [2.05, 4.69) is 9.47 Å². The van der Waals surface area contributed by atoms with E-state index in [0.717, 1.165) is 0 Å². The van der Waals surface area contributed by atoms with Gasteiger partial charge < -0.3 is 9.47 Å². The fourth-order valence-corrected chi connectivity index (χ4v) is 0.596. The highest BCUT2D eigenvalue weighted by Gasteiger charge is 1.85. The molecule has 0 amide bonds. The molecular weight excluding hydrogens is 184 g/mol. The zero-order valence-electron chi connectivity index (χ0n) is 7.73. The topological polar surface area (TPSA) is 52.6 Å². The van der Waals surface area contributed by atoms with Crippen molar-refractivity contribution < 1.29 is 19.1 Å². The van der Waals surface area contributed by atoms with Crippen LogP contribution in [0.1, 0.15) is 6.92 Å². The summed E-state index contributed by atoms with van der Waals surface area (Å²) in [5.41, 5.74) is 0. The molecule has 0 aliphatic carbocycles. The molecule has 4 heteroatoms. The van der Waals surface area contributed by atoms with Gasteiger partial charge in [0.15, 0.2) is 0 Å². The molecule has 0 aliphatic rings. The summed E-state index contributed by atoms with van der Waals surface area (Å²) in [7, 11) is 0. The van der Waals surface area contributed by atoms with E-state index in [1.807, 2.05) is 6.07 Å². The fraction of sp³-hybridized carbons (Fsp3) is 0.200. The minimum atomic E-state index is 0.420. The maximum Gasteiger partial charge on any atom is 0.423 e. The predicted molar refractivity (Wildman–Crippen MR) is 50.1 cm³/mol. The van der Waals surface area contributed by atoms with Crippen LogP contribution in [0.2, 0.25) is 0 Å². The number of benzene rings is 1. The van der Waals surface area contributed by atoms with Crippen LogP contribution in [0.3, 0.4) is 0 Å². The highest BCUT2D eigenvalue weighted by molar-refractivity contribution is 5.45. The maximum absolute atomic E-state index is 9.63. The van der Waals surface area contributed by atoms with E-state index in [0.29, 0.717) is 12.4 Å². The number of rotatable bonds is 4. The number of carbonyl (C=O) groups excluding carboxylic acids is 2. The Morgan fingerprint density at radius 2 is 1.79 bits per heavy atom. The Morgan fingerprint density at radius 3 is 2.14 bits per heavy atom. The molecule has 0 aromatic heterocycles. The Bertz CT molecular complexity index is 246. The third-order valence-corrected chi connectivity index (χ3v) is 1.11. The van der Waals surface area contributed by atoms with Gasteiger partial charge in [0.2, 0.25) is 0 Å². The second kappa shape index (κ2) is 9.25. The first-order chi connectivity index (χ1) is 6.85. The van der Waals surface area contributed by atoms with Crippen LogP contribution in [-0.2, 0) is 14.3 Å². The molecule has 0 heterocycles. The summed E-state index contributed by atoms with van der Waals surface area (Å²) in [5, 5.41) is 0. The van der Waals surface area contributed by atoms with E-state index >= 15 is 0 Å². The third-order valence-electron chi connectivity index (χ3n) is 1.11. The normalized spacial score (nSPS) is 7.79. The molecule has 2 radical (unpaired) electrons. The monoisotopic (exact) mass is 194 g/mol. The molecule has 74 valence electrons. The molecule has 0 unspecified atom stereocenters. The molecule has 1 aromatic carbocycles. The summed E-state index contributed by atoms with van der Waals surface area (Å²) >= 11 is 0. The predicted octanol–water partition coefficient (Wildman–Crippen LogP) is 1.22. The Morgan fingerprint density at radius 1 is 1.14 bits per heavy atom. The van der Waals surface area contributed by atoms with Crippen molar-refractivity contribution in [1.29, 1.82) is 0 Å². The lowest BCUT2D eigenvalue weighted by atomic mass is 10.3. The smallest absolute Gasteiger partial charge is 0.423 e. The maximum atomic E-state index is 9.63. The van der Waals surface area contributed by atoms with Crippen LogP contribution in [-0.4, -0.2) is 19.6 Å². The summed E-state index contributed by atoms with van der Waals surface area (Å²) < 4.78 is 8.43. The van der Waals surface area contributed by atoms with E-state index in [1.54, 1.807) is 31.2 Å². The van der Waals surface area contributed by atoms with Gasteiger partial charge in [0, 0.05) is 0 Å². The SMILES string of the molecule is CCO[C]=O.O=[C]Oc1ccccc1. The second-order valence-corrected chi connectivity index (χ2v) is 2.01. The van der Waals surface area contributed by atoms with Gasteiger partial charge in [-0.1, -0.05) is 18.2 Å². The summed E-state index contributed by atoms with van der Waals surface area (Å²) in [6.45, 7) is 4.75. The summed E-state index contributed by atoms with van der Waals surface area (Å²) in [6.07, 6.45) is 0. The lowest BCUT2D eigenvalue weighted by Gasteiger charge is -1.90. The molecule has 1 aromatic rings. The van der Waals surface area contributed by atoms with Crippen molar-refractivity contribution >= 4 is 12.9 Å². The van der Waals surface area contributed by atoms with Crippen molar-refractivity contribution in [2.45, 2.75) is 6.92 Å². The molecule has 1 rings (SSSR count). The van der Waals surface area contributed by atoms with Gasteiger partial charge in [-0.25, -0.2) is 9.59 Å². The number of ether oxygens (including phenoxy) is 2. The highest BCUT2D eigenvalue weighted by Crippen LogP contribution is 2.05. The molecule has 0 N–H and O–H groups in total. The standard InChI is InChI=1S/C7H5O2.C3H5O2/c8-6-9-7-4-2-1-3-5-7;1-2-5-3-4/h1-5H;2H2,1H3. The van der Waals surface area contributed by atoms with Gasteiger partial charge in [-0.05, 0) is 19.1 Å². The Hall–Kier alpha value is -1.84.